The van der Waals surface area contributed by atoms with Crippen LogP contribution >= 0.6 is 11.8 Å². The molecule has 1 aliphatic heterocycles. The fourth-order valence-corrected chi connectivity index (χ4v) is 5.44. The lowest BCUT2D eigenvalue weighted by Crippen LogP contribution is -2.40. The molecule has 8 nitrogen and oxygen atoms in total. The van der Waals surface area contributed by atoms with E-state index in [1.54, 1.807) is 37.4 Å². The molecule has 0 saturated carbocycles. The van der Waals surface area contributed by atoms with E-state index >= 15 is 0 Å². The lowest BCUT2D eigenvalue weighted by Gasteiger charge is -2.30. The van der Waals surface area contributed by atoms with E-state index in [-0.39, 0.29) is 16.6 Å². The molecule has 2 aromatic carbocycles. The highest BCUT2D eigenvalue weighted by molar-refractivity contribution is 7.99. The third-order valence-corrected chi connectivity index (χ3v) is 7.51. The van der Waals surface area contributed by atoms with Gasteiger partial charge < -0.3 is 14.1 Å². The minimum Gasteiger partial charge on any atom is -0.497 e. The van der Waals surface area contributed by atoms with E-state index in [4.69, 9.17) is 9.15 Å². The van der Waals surface area contributed by atoms with E-state index in [1.165, 1.54) is 23.9 Å². The second-order valence-electron chi connectivity index (χ2n) is 7.82. The maximum absolute atomic E-state index is 12.8. The molecule has 1 fully saturated rings. The second kappa shape index (κ2) is 9.41. The molecular formula is C22H25N3O5S2. The van der Waals surface area contributed by atoms with Gasteiger partial charge in [-0.25, -0.2) is 13.4 Å². The summed E-state index contributed by atoms with van der Waals surface area (Å²) in [5.41, 5.74) is 1.31. The van der Waals surface area contributed by atoms with E-state index < -0.39 is 10.0 Å². The summed E-state index contributed by atoms with van der Waals surface area (Å²) in [5.74, 6) is 1.46. The average Bonchev–Trinajstić information content (AvgIpc) is 3.20. The predicted molar refractivity (Wildman–Crippen MR) is 124 cm³/mol. The average molecular weight is 476 g/mol. The summed E-state index contributed by atoms with van der Waals surface area (Å²) < 4.78 is 38.9. The predicted octanol–water partition coefficient (Wildman–Crippen LogP) is 3.99. The summed E-state index contributed by atoms with van der Waals surface area (Å²) in [6.07, 6.45) is 2.18. The molecular weight excluding hydrogens is 450 g/mol. The Hall–Kier alpha value is -2.72. The van der Waals surface area contributed by atoms with Gasteiger partial charge in [0.05, 0.1) is 17.8 Å². The number of rotatable bonds is 7. The summed E-state index contributed by atoms with van der Waals surface area (Å²) in [4.78, 5) is 18.8. The summed E-state index contributed by atoms with van der Waals surface area (Å²) >= 11 is 1.22. The number of carbonyl (C=O) groups excluding carboxylic acids is 1. The van der Waals surface area contributed by atoms with Crippen molar-refractivity contribution in [3.8, 4) is 5.75 Å². The molecule has 1 saturated heterocycles. The van der Waals surface area contributed by atoms with Crippen molar-refractivity contribution in [3.05, 3.63) is 42.5 Å². The number of carbonyl (C=O) groups is 1. The minimum absolute atomic E-state index is 0.0655. The van der Waals surface area contributed by atoms with Crippen molar-refractivity contribution in [1.82, 2.24) is 9.88 Å². The Balaban J connectivity index is 1.44. The van der Waals surface area contributed by atoms with Gasteiger partial charge in [-0.1, -0.05) is 18.7 Å². The van der Waals surface area contributed by atoms with Gasteiger partial charge in [0.15, 0.2) is 5.58 Å². The summed E-state index contributed by atoms with van der Waals surface area (Å²) in [5, 5.41) is 0.344. The summed E-state index contributed by atoms with van der Waals surface area (Å²) in [6, 6.07) is 11.1. The smallest absolute Gasteiger partial charge is 0.261 e. The van der Waals surface area contributed by atoms with Gasteiger partial charge in [-0.05, 0) is 61.2 Å². The molecule has 3 aromatic rings. The van der Waals surface area contributed by atoms with Crippen LogP contribution in [0.1, 0.15) is 19.8 Å². The molecule has 10 heteroatoms. The Morgan fingerprint density at radius 3 is 2.78 bits per heavy atom. The maximum Gasteiger partial charge on any atom is 0.261 e. The van der Waals surface area contributed by atoms with Crippen LogP contribution in [0.25, 0.3) is 11.1 Å². The maximum atomic E-state index is 12.8. The van der Waals surface area contributed by atoms with Crippen LogP contribution in [-0.4, -0.2) is 50.2 Å². The third kappa shape index (κ3) is 5.18. The lowest BCUT2D eigenvalue weighted by atomic mass is 10.0. The fraction of sp³-hybridized carbons (Fsp3) is 0.364. The van der Waals surface area contributed by atoms with E-state index in [2.05, 4.69) is 16.6 Å². The van der Waals surface area contributed by atoms with Gasteiger partial charge in [-0.15, -0.1) is 0 Å². The first-order chi connectivity index (χ1) is 15.3. The van der Waals surface area contributed by atoms with Crippen molar-refractivity contribution < 1.29 is 22.4 Å². The number of thioether (sulfide) groups is 1. The first kappa shape index (κ1) is 22.5. The van der Waals surface area contributed by atoms with Gasteiger partial charge in [0.25, 0.3) is 15.2 Å². The fourth-order valence-electron chi connectivity index (χ4n) is 3.62. The molecule has 2 heterocycles. The SMILES string of the molecule is COc1ccc(NS(=O)(=O)c2ccc3oc(SCC(=O)N4CCCC(C)C4)nc3c2)cc1. The molecule has 4 rings (SSSR count). The van der Waals surface area contributed by atoms with Crippen LogP contribution in [0.4, 0.5) is 5.69 Å². The highest BCUT2D eigenvalue weighted by Crippen LogP contribution is 2.27. The number of piperidine rings is 1. The molecule has 32 heavy (non-hydrogen) atoms. The van der Waals surface area contributed by atoms with Crippen LogP contribution in [0.15, 0.2) is 57.0 Å². The Bertz CT molecular complexity index is 1210. The number of hydrogen-bond donors (Lipinski definition) is 1. The Morgan fingerprint density at radius 1 is 1.28 bits per heavy atom. The Kier molecular flexibility index (Phi) is 6.61. The van der Waals surface area contributed by atoms with Gasteiger partial charge in [0, 0.05) is 18.8 Å². The van der Waals surface area contributed by atoms with Crippen LogP contribution in [0.3, 0.4) is 0 Å². The molecule has 0 bridgehead atoms. The van der Waals surface area contributed by atoms with E-state index in [0.717, 1.165) is 25.9 Å². The van der Waals surface area contributed by atoms with Crippen LogP contribution in [0, 0.1) is 5.92 Å². The van der Waals surface area contributed by atoms with E-state index in [9.17, 15) is 13.2 Å². The number of nitrogens with one attached hydrogen (secondary N) is 1. The molecule has 1 unspecified atom stereocenters. The summed E-state index contributed by atoms with van der Waals surface area (Å²) in [7, 11) is -2.26. The number of sulfonamides is 1. The molecule has 1 N–H and O–H groups in total. The monoisotopic (exact) mass is 475 g/mol. The quantitative estimate of drug-likeness (QED) is 0.516. The molecule has 0 radical (unpaired) electrons. The summed E-state index contributed by atoms with van der Waals surface area (Å²) in [6.45, 7) is 3.73. The molecule has 1 aromatic heterocycles. The van der Waals surface area contributed by atoms with E-state index in [1.807, 2.05) is 4.90 Å². The Morgan fingerprint density at radius 2 is 2.06 bits per heavy atom. The number of hydrogen-bond acceptors (Lipinski definition) is 7. The molecule has 0 spiro atoms. The number of likely N-dealkylation sites (tertiary alicyclic amines) is 1. The van der Waals surface area contributed by atoms with Crippen molar-refractivity contribution >= 4 is 44.5 Å². The number of aromatic nitrogens is 1. The molecule has 1 amide bonds. The van der Waals surface area contributed by atoms with Gasteiger partial charge in [0.2, 0.25) is 5.91 Å². The van der Waals surface area contributed by atoms with Crippen LogP contribution in [0.5, 0.6) is 5.75 Å². The lowest BCUT2D eigenvalue weighted by molar-refractivity contribution is -0.130. The number of ether oxygens (including phenoxy) is 1. The number of amides is 1. The van der Waals surface area contributed by atoms with Crippen molar-refractivity contribution in [3.63, 3.8) is 0 Å². The molecule has 1 atom stereocenters. The highest BCUT2D eigenvalue weighted by Gasteiger charge is 2.22. The third-order valence-electron chi connectivity index (χ3n) is 5.32. The number of benzene rings is 2. The standard InChI is InChI=1S/C22H25N3O5S2/c1-15-4-3-11-25(13-15)21(26)14-31-22-23-19-12-18(9-10-20(19)30-22)32(27,28)24-16-5-7-17(29-2)8-6-16/h5-10,12,15,24H,3-4,11,13-14H2,1-2H3. The van der Waals surface area contributed by atoms with Crippen LogP contribution in [0.2, 0.25) is 0 Å². The number of fused-ring (bicyclic) bond motifs is 1. The van der Waals surface area contributed by atoms with Crippen molar-refractivity contribution in [2.24, 2.45) is 5.92 Å². The van der Waals surface area contributed by atoms with Crippen molar-refractivity contribution in [2.75, 3.05) is 30.7 Å². The van der Waals surface area contributed by atoms with Gasteiger partial charge in [0.1, 0.15) is 11.3 Å². The topological polar surface area (TPSA) is 102 Å². The zero-order chi connectivity index (χ0) is 22.7. The van der Waals surface area contributed by atoms with Crippen molar-refractivity contribution in [1.29, 1.82) is 0 Å². The second-order valence-corrected chi connectivity index (χ2v) is 10.4. The first-order valence-corrected chi connectivity index (χ1v) is 12.8. The van der Waals surface area contributed by atoms with Crippen molar-refractivity contribution in [2.45, 2.75) is 29.9 Å². The number of oxazole rings is 1. The van der Waals surface area contributed by atoms with Gasteiger partial charge >= 0.3 is 0 Å². The highest BCUT2D eigenvalue weighted by atomic mass is 32.2. The van der Waals surface area contributed by atoms with Crippen LogP contribution < -0.4 is 9.46 Å². The zero-order valence-electron chi connectivity index (χ0n) is 17.9. The van der Waals surface area contributed by atoms with E-state index in [0.29, 0.717) is 33.7 Å². The first-order valence-electron chi connectivity index (χ1n) is 10.3. The normalized spacial score (nSPS) is 16.8. The minimum atomic E-state index is -3.80. The largest absolute Gasteiger partial charge is 0.497 e. The number of methoxy groups -OCH3 is 1. The molecule has 1 aliphatic rings. The van der Waals surface area contributed by atoms with Crippen LogP contribution in [-0.2, 0) is 14.8 Å². The number of anilines is 1. The van der Waals surface area contributed by atoms with Gasteiger partial charge in [-0.3, -0.25) is 9.52 Å². The molecule has 0 aliphatic carbocycles. The Labute approximate surface area is 191 Å². The van der Waals surface area contributed by atoms with Gasteiger partial charge in [-0.2, -0.15) is 0 Å². The number of nitrogens with zero attached hydrogens (tertiary/aromatic N) is 2. The zero-order valence-corrected chi connectivity index (χ0v) is 19.5. The molecule has 170 valence electrons.